The van der Waals surface area contributed by atoms with E-state index < -0.39 is 16.4 Å². The molecule has 0 aliphatic heterocycles. The summed E-state index contributed by atoms with van der Waals surface area (Å²) in [7, 11) is 0. The first-order valence-electron chi connectivity index (χ1n) is 1.64. The molecule has 0 atom stereocenters. The van der Waals surface area contributed by atoms with Crippen LogP contribution in [0.4, 0.5) is 4.79 Å². The number of amides is 1. The number of hydroxylamine groups is 1. The monoisotopic (exact) mass is 137 g/mol. The number of nitrogens with two attached hydrogens (primary N) is 1. The summed E-state index contributed by atoms with van der Waals surface area (Å²) >= 11 is 0. The van der Waals surface area contributed by atoms with E-state index in [1.54, 1.807) is 0 Å². The van der Waals surface area contributed by atoms with Crippen molar-refractivity contribution in [2.24, 2.45) is 5.84 Å². The van der Waals surface area contributed by atoms with Gasteiger partial charge in [-0.15, -0.1) is 10.1 Å². The van der Waals surface area contributed by atoms with Crippen molar-refractivity contribution >= 4 is 6.09 Å². The number of hydrogen-bond donors (Lipinski definition) is 2. The van der Waals surface area contributed by atoms with Gasteiger partial charge in [0.1, 0.15) is 0 Å². The van der Waals surface area contributed by atoms with E-state index in [-0.39, 0.29) is 0 Å². The summed E-state index contributed by atoms with van der Waals surface area (Å²) in [4.78, 5) is 22.2. The van der Waals surface area contributed by atoms with Gasteiger partial charge in [-0.3, -0.25) is 0 Å². The lowest BCUT2D eigenvalue weighted by molar-refractivity contribution is -0.805. The molecule has 0 aliphatic rings. The maximum absolute atomic E-state index is 9.61. The Bertz CT molecular complexity index is 132. The van der Waals surface area contributed by atoms with Gasteiger partial charge in [0.25, 0.3) is 0 Å². The molecule has 8 nitrogen and oxygen atoms in total. The smallest absolute Gasteiger partial charge is 0.446 e. The molecule has 0 radical (unpaired) electrons. The lowest BCUT2D eigenvalue weighted by Crippen LogP contribution is -2.37. The second kappa shape index (κ2) is 2.67. The molecule has 52 valence electrons. The van der Waals surface area contributed by atoms with Crippen LogP contribution in [-0.4, -0.2) is 21.5 Å². The molecule has 9 heavy (non-hydrogen) atoms. The van der Waals surface area contributed by atoms with Gasteiger partial charge in [-0.2, -0.15) is 4.94 Å². The van der Waals surface area contributed by atoms with Gasteiger partial charge in [0.15, 0.2) is 0 Å². The quantitative estimate of drug-likeness (QED) is 0.217. The van der Waals surface area contributed by atoms with E-state index in [4.69, 9.17) is 5.11 Å². The fraction of sp³-hybridized carbons (Fsp3) is 0. The maximum Gasteiger partial charge on any atom is 0.446 e. The Morgan fingerprint density at radius 3 is 2.44 bits per heavy atom. The van der Waals surface area contributed by atoms with E-state index in [9.17, 15) is 14.9 Å². The van der Waals surface area contributed by atoms with Crippen LogP contribution >= 0.6 is 0 Å². The highest BCUT2D eigenvalue weighted by Crippen LogP contribution is 1.80. The van der Waals surface area contributed by atoms with Gasteiger partial charge >= 0.3 is 11.2 Å². The van der Waals surface area contributed by atoms with E-state index in [1.165, 1.54) is 0 Å². The molecule has 0 aromatic rings. The van der Waals surface area contributed by atoms with Crippen molar-refractivity contribution in [2.75, 3.05) is 0 Å². The Balaban J connectivity index is 3.63. The molecule has 0 aromatic heterocycles. The minimum atomic E-state index is -1.74. The first-order chi connectivity index (χ1) is 4.04. The van der Waals surface area contributed by atoms with E-state index in [2.05, 4.69) is 10.8 Å². The van der Waals surface area contributed by atoms with Gasteiger partial charge in [0, 0.05) is 0 Å². The summed E-state index contributed by atoms with van der Waals surface area (Å²) in [5.41, 5.74) is 0. The molecule has 0 saturated heterocycles. The number of carbonyl (C=O) groups is 1. The highest BCUT2D eigenvalue weighted by atomic mass is 17.0. The minimum absolute atomic E-state index is 0.417. The van der Waals surface area contributed by atoms with E-state index in [0.29, 0.717) is 0 Å². The second-order valence-corrected chi connectivity index (χ2v) is 0.914. The standard InChI is InChI=1S/CH3N3O5/c2-3(1(5)6)9-4(7)8/h2H2,(H,5,6). The Morgan fingerprint density at radius 1 is 1.89 bits per heavy atom. The third kappa shape index (κ3) is 3.05. The van der Waals surface area contributed by atoms with Crippen molar-refractivity contribution in [3.63, 3.8) is 0 Å². The average molecular weight is 137 g/mol. The summed E-state index contributed by atoms with van der Waals surface area (Å²) in [6.07, 6.45) is -1.74. The first-order valence-corrected chi connectivity index (χ1v) is 1.64. The lowest BCUT2D eigenvalue weighted by Gasteiger charge is -2.05. The normalized spacial score (nSPS) is 8.11. The molecular weight excluding hydrogens is 134 g/mol. The van der Waals surface area contributed by atoms with Gasteiger partial charge in [0.2, 0.25) is 0 Å². The Kier molecular flexibility index (Phi) is 2.20. The topological polar surface area (TPSA) is 119 Å². The molecule has 1 amide bonds. The Labute approximate surface area is 48.4 Å². The summed E-state index contributed by atoms with van der Waals surface area (Å²) in [5, 5.41) is 15.4. The number of hydrazine groups is 1. The van der Waals surface area contributed by atoms with Gasteiger partial charge in [0.05, 0.1) is 0 Å². The van der Waals surface area contributed by atoms with Crippen molar-refractivity contribution in [3.8, 4) is 0 Å². The van der Waals surface area contributed by atoms with Crippen LogP contribution in [0.15, 0.2) is 0 Å². The molecule has 0 aliphatic carbocycles. The molecule has 0 fully saturated rings. The molecule has 0 bridgehead atoms. The third-order valence-corrected chi connectivity index (χ3v) is 0.343. The van der Waals surface area contributed by atoms with Crippen molar-refractivity contribution in [2.45, 2.75) is 0 Å². The largest absolute Gasteiger partial charge is 0.463 e. The van der Waals surface area contributed by atoms with Crippen LogP contribution < -0.4 is 5.84 Å². The maximum atomic E-state index is 9.61. The van der Waals surface area contributed by atoms with Crippen LogP contribution in [0.25, 0.3) is 0 Å². The summed E-state index contributed by atoms with van der Waals surface area (Å²) < 4.78 is 0. The zero-order chi connectivity index (χ0) is 7.44. The van der Waals surface area contributed by atoms with Crippen molar-refractivity contribution in [1.29, 1.82) is 0 Å². The predicted octanol–water partition coefficient (Wildman–Crippen LogP) is -1.04. The zero-order valence-corrected chi connectivity index (χ0v) is 4.05. The minimum Gasteiger partial charge on any atom is -0.463 e. The van der Waals surface area contributed by atoms with Crippen LogP contribution in [-0.2, 0) is 4.94 Å². The van der Waals surface area contributed by atoms with E-state index >= 15 is 0 Å². The summed E-state index contributed by atoms with van der Waals surface area (Å²) in [5.74, 6) is 4.39. The molecule has 0 saturated carbocycles. The van der Waals surface area contributed by atoms with Crippen LogP contribution in [0, 0.1) is 10.1 Å². The van der Waals surface area contributed by atoms with Crippen LogP contribution in [0.3, 0.4) is 0 Å². The summed E-state index contributed by atoms with van der Waals surface area (Å²) in [6.45, 7) is 0. The zero-order valence-electron chi connectivity index (χ0n) is 4.05. The van der Waals surface area contributed by atoms with Gasteiger partial charge in [-0.1, -0.05) is 5.17 Å². The average Bonchev–Trinajstić information content (AvgIpc) is 1.63. The van der Waals surface area contributed by atoms with Gasteiger partial charge in [-0.05, 0) is 0 Å². The first kappa shape index (κ1) is 7.43. The Hall–Kier alpha value is -1.57. The van der Waals surface area contributed by atoms with Crippen molar-refractivity contribution < 1.29 is 19.9 Å². The molecule has 0 aromatic carbocycles. The highest BCUT2D eigenvalue weighted by molar-refractivity contribution is 5.62. The van der Waals surface area contributed by atoms with E-state index in [1.807, 2.05) is 0 Å². The SMILES string of the molecule is NN(O[N+](=O)[O-])C(=O)O. The molecule has 0 unspecified atom stereocenters. The lowest BCUT2D eigenvalue weighted by atomic mass is 11.2. The van der Waals surface area contributed by atoms with Crippen LogP contribution in [0.1, 0.15) is 0 Å². The number of hydrogen-bond acceptors (Lipinski definition) is 5. The highest BCUT2D eigenvalue weighted by Gasteiger charge is 2.09. The fourth-order valence-electron chi connectivity index (χ4n) is 0.107. The molecule has 3 N–H and O–H groups in total. The number of rotatable bonds is 2. The predicted molar refractivity (Wildman–Crippen MR) is 22.1 cm³/mol. The molecule has 0 spiro atoms. The molecular formula is CH3N3O5. The molecule has 0 rings (SSSR count). The van der Waals surface area contributed by atoms with Crippen molar-refractivity contribution in [1.82, 2.24) is 5.17 Å². The van der Waals surface area contributed by atoms with Gasteiger partial charge < -0.3 is 5.11 Å². The second-order valence-electron chi connectivity index (χ2n) is 0.914. The Morgan fingerprint density at radius 2 is 2.33 bits per heavy atom. The molecule has 0 heterocycles. The number of nitrogens with zero attached hydrogens (tertiary/aromatic N) is 2. The number of carboxylic acid groups (broad SMARTS) is 1. The van der Waals surface area contributed by atoms with Crippen molar-refractivity contribution in [3.05, 3.63) is 10.1 Å². The van der Waals surface area contributed by atoms with Crippen LogP contribution in [0.2, 0.25) is 0 Å². The molecule has 8 heteroatoms. The summed E-state index contributed by atoms with van der Waals surface area (Å²) in [6, 6.07) is 0. The van der Waals surface area contributed by atoms with E-state index in [0.717, 1.165) is 0 Å². The van der Waals surface area contributed by atoms with Crippen LogP contribution in [0.5, 0.6) is 0 Å². The third-order valence-electron chi connectivity index (χ3n) is 0.343. The fourth-order valence-corrected chi connectivity index (χ4v) is 0.107. The van der Waals surface area contributed by atoms with Gasteiger partial charge in [-0.25, -0.2) is 10.6 Å².